The van der Waals surface area contributed by atoms with Gasteiger partial charge in [0.15, 0.2) is 0 Å². The maximum atomic E-state index is 12.9. The number of ether oxygens (including phenoxy) is 1. The molecule has 0 atom stereocenters. The van der Waals surface area contributed by atoms with E-state index in [1.165, 1.54) is 0 Å². The highest BCUT2D eigenvalue weighted by Crippen LogP contribution is 2.31. The van der Waals surface area contributed by atoms with Gasteiger partial charge in [-0.15, -0.1) is 0 Å². The van der Waals surface area contributed by atoms with E-state index in [1.807, 2.05) is 24.4 Å². The summed E-state index contributed by atoms with van der Waals surface area (Å²) in [6.45, 7) is 3.65. The highest BCUT2D eigenvalue weighted by molar-refractivity contribution is 9.10. The number of nitrogens with one attached hydrogen (secondary N) is 3. The molecule has 1 aliphatic heterocycles. The van der Waals surface area contributed by atoms with E-state index in [-0.39, 0.29) is 4.90 Å². The average Bonchev–Trinajstić information content (AvgIpc) is 3.16. The molecule has 0 radical (unpaired) electrons. The molecule has 0 bridgehead atoms. The fourth-order valence-electron chi connectivity index (χ4n) is 3.75. The van der Waals surface area contributed by atoms with Crippen LogP contribution in [-0.2, 0) is 16.4 Å². The molecular weight excluding hydrogens is 468 g/mol. The summed E-state index contributed by atoms with van der Waals surface area (Å²) in [6, 6.07) is 11.0. The lowest BCUT2D eigenvalue weighted by molar-refractivity contribution is 0.412. The first-order valence-corrected chi connectivity index (χ1v) is 12.1. The van der Waals surface area contributed by atoms with Crippen molar-refractivity contribution in [3.8, 4) is 5.75 Å². The zero-order valence-electron chi connectivity index (χ0n) is 16.7. The highest BCUT2D eigenvalue weighted by Gasteiger charge is 2.20. The van der Waals surface area contributed by atoms with Gasteiger partial charge in [-0.05, 0) is 48.4 Å². The van der Waals surface area contributed by atoms with Crippen molar-refractivity contribution in [1.29, 1.82) is 0 Å². The van der Waals surface area contributed by atoms with Crippen molar-refractivity contribution < 1.29 is 13.2 Å². The third kappa shape index (κ3) is 4.49. The number of piperazine rings is 1. The van der Waals surface area contributed by atoms with Gasteiger partial charge < -0.3 is 19.9 Å². The van der Waals surface area contributed by atoms with Crippen molar-refractivity contribution >= 4 is 42.5 Å². The quantitative estimate of drug-likeness (QED) is 0.472. The summed E-state index contributed by atoms with van der Waals surface area (Å²) >= 11 is 3.49. The highest BCUT2D eigenvalue weighted by atomic mass is 79.9. The average molecular weight is 493 g/mol. The first-order chi connectivity index (χ1) is 14.5. The van der Waals surface area contributed by atoms with E-state index in [1.54, 1.807) is 25.3 Å². The lowest BCUT2D eigenvalue weighted by Crippen LogP contribution is -2.43. The number of halogens is 1. The summed E-state index contributed by atoms with van der Waals surface area (Å²) in [6.07, 6.45) is 2.53. The van der Waals surface area contributed by atoms with Crippen LogP contribution in [0.5, 0.6) is 5.75 Å². The second kappa shape index (κ2) is 8.97. The first kappa shape index (κ1) is 21.2. The van der Waals surface area contributed by atoms with Gasteiger partial charge in [-0.3, -0.25) is 0 Å². The van der Waals surface area contributed by atoms with Gasteiger partial charge in [-0.2, -0.15) is 0 Å². The van der Waals surface area contributed by atoms with Crippen molar-refractivity contribution in [1.82, 2.24) is 15.0 Å². The smallest absolute Gasteiger partial charge is 0.240 e. The van der Waals surface area contributed by atoms with Gasteiger partial charge >= 0.3 is 0 Å². The van der Waals surface area contributed by atoms with Crippen molar-refractivity contribution in [2.45, 2.75) is 11.3 Å². The molecule has 4 rings (SSSR count). The number of rotatable bonds is 7. The minimum atomic E-state index is -3.63. The van der Waals surface area contributed by atoms with Gasteiger partial charge in [0.05, 0.1) is 17.7 Å². The number of hydrogen-bond donors (Lipinski definition) is 3. The van der Waals surface area contributed by atoms with E-state index in [0.29, 0.717) is 18.7 Å². The SMILES string of the molecule is COc1ccc(S(=O)(=O)NCCc2c[nH]c3ccc(Br)cc23)cc1N1CCNCC1. The van der Waals surface area contributed by atoms with Crippen LogP contribution in [0.2, 0.25) is 0 Å². The Labute approximate surface area is 185 Å². The molecule has 1 aliphatic rings. The molecule has 7 nitrogen and oxygen atoms in total. The number of hydrogen-bond acceptors (Lipinski definition) is 5. The lowest BCUT2D eigenvalue weighted by atomic mass is 10.1. The Bertz CT molecular complexity index is 1140. The zero-order valence-corrected chi connectivity index (χ0v) is 19.1. The van der Waals surface area contributed by atoms with Crippen LogP contribution in [0.15, 0.2) is 52.0 Å². The van der Waals surface area contributed by atoms with Crippen LogP contribution in [0.4, 0.5) is 5.69 Å². The Morgan fingerprint density at radius 1 is 1.17 bits per heavy atom. The minimum absolute atomic E-state index is 0.249. The van der Waals surface area contributed by atoms with Crippen LogP contribution in [0.1, 0.15) is 5.56 Å². The van der Waals surface area contributed by atoms with Crippen molar-refractivity contribution in [3.63, 3.8) is 0 Å². The molecule has 0 saturated carbocycles. The Kier molecular flexibility index (Phi) is 6.33. The normalized spacial score (nSPS) is 14.9. The minimum Gasteiger partial charge on any atom is -0.495 e. The number of aromatic amines is 1. The van der Waals surface area contributed by atoms with E-state index in [2.05, 4.69) is 35.9 Å². The molecule has 1 saturated heterocycles. The predicted molar refractivity (Wildman–Crippen MR) is 123 cm³/mol. The second-order valence-corrected chi connectivity index (χ2v) is 9.90. The number of sulfonamides is 1. The molecule has 1 aromatic heterocycles. The molecular formula is C21H25BrN4O3S. The summed E-state index contributed by atoms with van der Waals surface area (Å²) in [7, 11) is -2.02. The Morgan fingerprint density at radius 2 is 1.97 bits per heavy atom. The van der Waals surface area contributed by atoms with Crippen LogP contribution in [-0.4, -0.2) is 53.2 Å². The van der Waals surface area contributed by atoms with Gasteiger partial charge in [0, 0.05) is 54.3 Å². The van der Waals surface area contributed by atoms with Crippen LogP contribution in [0.25, 0.3) is 10.9 Å². The number of methoxy groups -OCH3 is 1. The molecule has 9 heteroatoms. The third-order valence-electron chi connectivity index (χ3n) is 5.33. The molecule has 160 valence electrons. The summed E-state index contributed by atoms with van der Waals surface area (Å²) in [4.78, 5) is 5.63. The molecule has 2 heterocycles. The number of aromatic nitrogens is 1. The topological polar surface area (TPSA) is 86.5 Å². The van der Waals surface area contributed by atoms with E-state index in [4.69, 9.17) is 4.74 Å². The monoisotopic (exact) mass is 492 g/mol. The number of anilines is 1. The molecule has 3 N–H and O–H groups in total. The maximum absolute atomic E-state index is 12.9. The van der Waals surface area contributed by atoms with Gasteiger partial charge in [0.1, 0.15) is 5.75 Å². The third-order valence-corrected chi connectivity index (χ3v) is 7.29. The van der Waals surface area contributed by atoms with Crippen molar-refractivity contribution in [2.75, 3.05) is 44.7 Å². The van der Waals surface area contributed by atoms with E-state index in [0.717, 1.165) is 52.8 Å². The largest absolute Gasteiger partial charge is 0.495 e. The molecule has 2 aromatic carbocycles. The molecule has 0 unspecified atom stereocenters. The Balaban J connectivity index is 1.49. The molecule has 1 fully saturated rings. The molecule has 0 amide bonds. The molecule has 3 aromatic rings. The van der Waals surface area contributed by atoms with Crippen molar-refractivity contribution in [3.05, 3.63) is 52.6 Å². The summed E-state index contributed by atoms with van der Waals surface area (Å²) in [5.41, 5.74) is 2.92. The standard InChI is InChI=1S/C21H25BrN4O3S/c1-29-21-5-3-17(13-20(21)26-10-8-23-9-11-26)30(27,28)25-7-6-15-14-24-19-4-2-16(22)12-18(15)19/h2-5,12-14,23-25H,6-11H2,1H3. The fraction of sp³-hybridized carbons (Fsp3) is 0.333. The molecule has 30 heavy (non-hydrogen) atoms. The lowest BCUT2D eigenvalue weighted by Gasteiger charge is -2.30. The van der Waals surface area contributed by atoms with Crippen LogP contribution < -0.4 is 19.7 Å². The van der Waals surface area contributed by atoms with Gasteiger partial charge in [-0.25, -0.2) is 13.1 Å². The Morgan fingerprint density at radius 3 is 2.73 bits per heavy atom. The van der Waals surface area contributed by atoms with Gasteiger partial charge in [0.25, 0.3) is 0 Å². The number of fused-ring (bicyclic) bond motifs is 1. The molecule has 0 aliphatic carbocycles. The number of H-pyrrole nitrogens is 1. The Hall–Kier alpha value is -2.07. The van der Waals surface area contributed by atoms with Crippen LogP contribution >= 0.6 is 15.9 Å². The van der Waals surface area contributed by atoms with Gasteiger partial charge in [0.2, 0.25) is 10.0 Å². The maximum Gasteiger partial charge on any atom is 0.240 e. The van der Waals surface area contributed by atoms with E-state index < -0.39 is 10.0 Å². The van der Waals surface area contributed by atoms with Crippen LogP contribution in [0, 0.1) is 0 Å². The fourth-order valence-corrected chi connectivity index (χ4v) is 5.16. The summed E-state index contributed by atoms with van der Waals surface area (Å²) in [5, 5.41) is 4.40. The zero-order chi connectivity index (χ0) is 21.1. The summed E-state index contributed by atoms with van der Waals surface area (Å²) < 4.78 is 35.0. The summed E-state index contributed by atoms with van der Waals surface area (Å²) in [5.74, 6) is 0.681. The molecule has 0 spiro atoms. The van der Waals surface area contributed by atoms with E-state index >= 15 is 0 Å². The van der Waals surface area contributed by atoms with Crippen molar-refractivity contribution in [2.24, 2.45) is 0 Å². The van der Waals surface area contributed by atoms with Gasteiger partial charge in [-0.1, -0.05) is 15.9 Å². The number of benzene rings is 2. The first-order valence-electron chi connectivity index (χ1n) is 9.87. The van der Waals surface area contributed by atoms with Crippen LogP contribution in [0.3, 0.4) is 0 Å². The second-order valence-electron chi connectivity index (χ2n) is 7.22. The number of nitrogens with zero attached hydrogens (tertiary/aromatic N) is 1. The predicted octanol–water partition coefficient (Wildman–Crippen LogP) is 2.87. The van der Waals surface area contributed by atoms with E-state index in [9.17, 15) is 8.42 Å².